The van der Waals surface area contributed by atoms with Crippen LogP contribution >= 0.6 is 11.6 Å². The van der Waals surface area contributed by atoms with Crippen LogP contribution in [0.25, 0.3) is 0 Å². The van der Waals surface area contributed by atoms with Crippen LogP contribution in [0.2, 0.25) is 5.02 Å². The van der Waals surface area contributed by atoms with Crippen LogP contribution in [0.3, 0.4) is 0 Å². The molecule has 2 aromatic carbocycles. The molecular formula is C15H14ClNO5S. The van der Waals surface area contributed by atoms with Crippen molar-refractivity contribution in [1.29, 1.82) is 0 Å². The predicted octanol–water partition coefficient (Wildman–Crippen LogP) is 2.35. The van der Waals surface area contributed by atoms with Crippen molar-refractivity contribution in [2.24, 2.45) is 5.14 Å². The van der Waals surface area contributed by atoms with E-state index in [-0.39, 0.29) is 22.8 Å². The minimum Gasteiger partial charge on any atom is -0.496 e. The Morgan fingerprint density at radius 3 is 2.39 bits per heavy atom. The standard InChI is InChI=1S/C15H14ClNO5S/c1-21-14-7-6-12(23(17,19)20)8-13(14)15(18)22-9-10-2-4-11(16)5-3-10/h2-8H,9H2,1H3,(H2,17,19,20). The zero-order chi connectivity index (χ0) is 17.0. The Kier molecular flexibility index (Phi) is 5.25. The molecule has 0 heterocycles. The number of esters is 1. The van der Waals surface area contributed by atoms with Gasteiger partial charge >= 0.3 is 5.97 Å². The smallest absolute Gasteiger partial charge is 0.342 e. The molecule has 122 valence electrons. The van der Waals surface area contributed by atoms with Crippen molar-refractivity contribution in [1.82, 2.24) is 0 Å². The number of carbonyl (C=O) groups is 1. The molecule has 0 fully saturated rings. The van der Waals surface area contributed by atoms with E-state index in [1.165, 1.54) is 19.2 Å². The SMILES string of the molecule is COc1ccc(S(N)(=O)=O)cc1C(=O)OCc1ccc(Cl)cc1. The van der Waals surface area contributed by atoms with Crippen molar-refractivity contribution in [3.05, 3.63) is 58.6 Å². The number of nitrogens with two attached hydrogens (primary N) is 1. The first-order valence-corrected chi connectivity index (χ1v) is 8.36. The molecule has 0 aliphatic rings. The summed E-state index contributed by atoms with van der Waals surface area (Å²) >= 11 is 5.78. The van der Waals surface area contributed by atoms with E-state index in [1.807, 2.05) is 0 Å². The highest BCUT2D eigenvalue weighted by molar-refractivity contribution is 7.89. The van der Waals surface area contributed by atoms with Crippen molar-refractivity contribution in [2.45, 2.75) is 11.5 Å². The van der Waals surface area contributed by atoms with E-state index in [1.54, 1.807) is 24.3 Å². The Morgan fingerprint density at radius 1 is 1.17 bits per heavy atom. The number of hydrogen-bond donors (Lipinski definition) is 1. The first-order valence-electron chi connectivity index (χ1n) is 6.43. The lowest BCUT2D eigenvalue weighted by molar-refractivity contribution is 0.0469. The molecule has 0 amide bonds. The zero-order valence-electron chi connectivity index (χ0n) is 12.2. The second kappa shape index (κ2) is 6.99. The molecule has 0 bridgehead atoms. The van der Waals surface area contributed by atoms with Crippen LogP contribution in [0.15, 0.2) is 47.4 Å². The number of methoxy groups -OCH3 is 1. The monoisotopic (exact) mass is 355 g/mol. The lowest BCUT2D eigenvalue weighted by atomic mass is 10.2. The normalized spacial score (nSPS) is 11.1. The molecule has 0 atom stereocenters. The van der Waals surface area contributed by atoms with Gasteiger partial charge in [0, 0.05) is 5.02 Å². The predicted molar refractivity (Wildman–Crippen MR) is 84.9 cm³/mol. The Hall–Kier alpha value is -2.09. The molecule has 0 saturated heterocycles. The summed E-state index contributed by atoms with van der Waals surface area (Å²) in [6.45, 7) is 0.0127. The Balaban J connectivity index is 2.22. The topological polar surface area (TPSA) is 95.7 Å². The van der Waals surface area contributed by atoms with Crippen LogP contribution in [0.5, 0.6) is 5.75 Å². The maximum atomic E-state index is 12.2. The van der Waals surface area contributed by atoms with Crippen molar-refractivity contribution in [2.75, 3.05) is 7.11 Å². The fourth-order valence-corrected chi connectivity index (χ4v) is 2.50. The maximum Gasteiger partial charge on any atom is 0.342 e. The summed E-state index contributed by atoms with van der Waals surface area (Å²) in [4.78, 5) is 12.0. The molecule has 8 heteroatoms. The van der Waals surface area contributed by atoms with Crippen molar-refractivity contribution in [3.63, 3.8) is 0 Å². The molecule has 2 rings (SSSR count). The van der Waals surface area contributed by atoms with Gasteiger partial charge in [0.2, 0.25) is 10.0 Å². The first kappa shape index (κ1) is 17.3. The summed E-state index contributed by atoms with van der Waals surface area (Å²) in [7, 11) is -2.57. The Labute approximate surface area is 138 Å². The number of hydrogen-bond acceptors (Lipinski definition) is 5. The highest BCUT2D eigenvalue weighted by atomic mass is 35.5. The molecular weight excluding hydrogens is 342 g/mol. The number of rotatable bonds is 5. The van der Waals surface area contributed by atoms with Crippen LogP contribution in [-0.4, -0.2) is 21.5 Å². The molecule has 0 radical (unpaired) electrons. The van der Waals surface area contributed by atoms with Crippen molar-refractivity contribution in [3.8, 4) is 5.75 Å². The number of carbonyl (C=O) groups excluding carboxylic acids is 1. The highest BCUT2D eigenvalue weighted by Gasteiger charge is 2.18. The molecule has 0 saturated carbocycles. The van der Waals surface area contributed by atoms with Gasteiger partial charge in [0.25, 0.3) is 0 Å². The van der Waals surface area contributed by atoms with Crippen LogP contribution < -0.4 is 9.88 Å². The third-order valence-corrected chi connectivity index (χ3v) is 4.17. The summed E-state index contributed by atoms with van der Waals surface area (Å²) in [5.41, 5.74) is 0.720. The van der Waals surface area contributed by atoms with Crippen LogP contribution in [0.4, 0.5) is 0 Å². The first-order chi connectivity index (χ1) is 10.8. The number of sulfonamides is 1. The van der Waals surface area contributed by atoms with Gasteiger partial charge in [0.15, 0.2) is 0 Å². The quantitative estimate of drug-likeness (QED) is 0.830. The third-order valence-electron chi connectivity index (χ3n) is 3.00. The van der Waals surface area contributed by atoms with Gasteiger partial charge in [-0.05, 0) is 35.9 Å². The zero-order valence-corrected chi connectivity index (χ0v) is 13.7. The highest BCUT2D eigenvalue weighted by Crippen LogP contribution is 2.23. The summed E-state index contributed by atoms with van der Waals surface area (Å²) in [5, 5.41) is 5.64. The number of benzene rings is 2. The van der Waals surface area contributed by atoms with Gasteiger partial charge in [-0.15, -0.1) is 0 Å². The number of ether oxygens (including phenoxy) is 2. The Bertz CT molecular complexity index is 818. The van der Waals surface area contributed by atoms with E-state index in [9.17, 15) is 13.2 Å². The molecule has 23 heavy (non-hydrogen) atoms. The minimum atomic E-state index is -3.93. The van der Waals surface area contributed by atoms with Crippen molar-refractivity contribution >= 4 is 27.6 Å². The fraction of sp³-hybridized carbons (Fsp3) is 0.133. The van der Waals surface area contributed by atoms with Crippen LogP contribution in [-0.2, 0) is 21.4 Å². The minimum absolute atomic E-state index is 0.0127. The van der Waals surface area contributed by atoms with Crippen LogP contribution in [0.1, 0.15) is 15.9 Å². The lowest BCUT2D eigenvalue weighted by Crippen LogP contribution is -2.14. The largest absolute Gasteiger partial charge is 0.496 e. The van der Waals surface area contributed by atoms with E-state index in [0.29, 0.717) is 5.02 Å². The molecule has 2 N–H and O–H groups in total. The van der Waals surface area contributed by atoms with Gasteiger partial charge < -0.3 is 9.47 Å². The van der Waals surface area contributed by atoms with Gasteiger partial charge in [0.05, 0.1) is 12.0 Å². The van der Waals surface area contributed by atoms with Gasteiger partial charge in [-0.2, -0.15) is 0 Å². The second-order valence-electron chi connectivity index (χ2n) is 4.61. The summed E-state index contributed by atoms with van der Waals surface area (Å²) < 4.78 is 33.0. The number of primary sulfonamides is 1. The fourth-order valence-electron chi connectivity index (χ4n) is 1.83. The third kappa shape index (κ3) is 4.44. The summed E-state index contributed by atoms with van der Waals surface area (Å²) in [6.07, 6.45) is 0. The molecule has 0 aliphatic carbocycles. The van der Waals surface area contributed by atoms with E-state index < -0.39 is 16.0 Å². The second-order valence-corrected chi connectivity index (χ2v) is 6.61. The van der Waals surface area contributed by atoms with Crippen molar-refractivity contribution < 1.29 is 22.7 Å². The maximum absolute atomic E-state index is 12.2. The van der Waals surface area contributed by atoms with Gasteiger partial charge in [-0.1, -0.05) is 23.7 Å². The van der Waals surface area contributed by atoms with Gasteiger partial charge in [-0.25, -0.2) is 18.4 Å². The molecule has 0 aliphatic heterocycles. The number of halogens is 1. The van der Waals surface area contributed by atoms with E-state index in [4.69, 9.17) is 26.2 Å². The average Bonchev–Trinajstić information content (AvgIpc) is 2.52. The van der Waals surface area contributed by atoms with E-state index in [0.717, 1.165) is 11.6 Å². The van der Waals surface area contributed by atoms with E-state index in [2.05, 4.69) is 0 Å². The molecule has 0 aromatic heterocycles. The lowest BCUT2D eigenvalue weighted by Gasteiger charge is -2.10. The molecule has 6 nitrogen and oxygen atoms in total. The molecule has 2 aromatic rings. The summed E-state index contributed by atoms with van der Waals surface area (Å²) in [5.74, 6) is -0.527. The molecule has 0 unspecified atom stereocenters. The molecule has 0 spiro atoms. The Morgan fingerprint density at radius 2 is 1.83 bits per heavy atom. The van der Waals surface area contributed by atoms with Crippen LogP contribution in [0, 0.1) is 0 Å². The van der Waals surface area contributed by atoms with E-state index >= 15 is 0 Å². The summed E-state index contributed by atoms with van der Waals surface area (Å²) in [6, 6.07) is 10.5. The van der Waals surface area contributed by atoms with Gasteiger partial charge in [0.1, 0.15) is 17.9 Å². The average molecular weight is 356 g/mol. The van der Waals surface area contributed by atoms with Gasteiger partial charge in [-0.3, -0.25) is 0 Å².